The highest BCUT2D eigenvalue weighted by Gasteiger charge is 2.26. The minimum Gasteiger partial charge on any atom is -0.472 e. The van der Waals surface area contributed by atoms with E-state index in [1.807, 2.05) is 38.7 Å². The lowest BCUT2D eigenvalue weighted by atomic mass is 10.1. The van der Waals surface area contributed by atoms with Crippen LogP contribution < -0.4 is 4.74 Å². The summed E-state index contributed by atoms with van der Waals surface area (Å²) in [6, 6.07) is 1.84. The van der Waals surface area contributed by atoms with Gasteiger partial charge in [0.15, 0.2) is 0 Å². The summed E-state index contributed by atoms with van der Waals surface area (Å²) in [6.07, 6.45) is 1.97. The van der Waals surface area contributed by atoms with Crippen molar-refractivity contribution in [2.24, 2.45) is 5.92 Å². The molecule has 1 amide bonds. The molecule has 1 aromatic rings. The highest BCUT2D eigenvalue weighted by molar-refractivity contribution is 5.78. The van der Waals surface area contributed by atoms with Crippen LogP contribution in [0.4, 0.5) is 0 Å². The van der Waals surface area contributed by atoms with Gasteiger partial charge in [0.05, 0.1) is 6.54 Å². The average molecular weight is 277 g/mol. The van der Waals surface area contributed by atoms with Crippen molar-refractivity contribution in [1.29, 1.82) is 0 Å². The second-order valence-corrected chi connectivity index (χ2v) is 5.72. The normalized spacial score (nSPS) is 19.2. The van der Waals surface area contributed by atoms with Crippen LogP contribution in [0.3, 0.4) is 0 Å². The Kier molecular flexibility index (Phi) is 4.57. The van der Waals surface area contributed by atoms with Gasteiger partial charge in [-0.2, -0.15) is 4.98 Å². The van der Waals surface area contributed by atoms with Gasteiger partial charge in [0, 0.05) is 24.2 Å². The summed E-state index contributed by atoms with van der Waals surface area (Å²) in [7, 11) is 0. The number of likely N-dealkylation sites (tertiary alicyclic amines) is 1. The fourth-order valence-corrected chi connectivity index (χ4v) is 2.51. The molecule has 1 saturated heterocycles. The van der Waals surface area contributed by atoms with Crippen molar-refractivity contribution >= 4 is 5.91 Å². The molecule has 1 fully saturated rings. The van der Waals surface area contributed by atoms with Crippen molar-refractivity contribution in [3.63, 3.8) is 0 Å². The van der Waals surface area contributed by atoms with Gasteiger partial charge >= 0.3 is 0 Å². The number of piperidine rings is 1. The fraction of sp³-hybridized carbons (Fsp3) is 0.667. The molecule has 0 aromatic carbocycles. The van der Waals surface area contributed by atoms with E-state index in [-0.39, 0.29) is 17.9 Å². The fourth-order valence-electron chi connectivity index (χ4n) is 2.51. The highest BCUT2D eigenvalue weighted by Crippen LogP contribution is 2.18. The van der Waals surface area contributed by atoms with E-state index in [2.05, 4.69) is 9.97 Å². The lowest BCUT2D eigenvalue weighted by Gasteiger charge is -2.33. The summed E-state index contributed by atoms with van der Waals surface area (Å²) in [4.78, 5) is 22.5. The van der Waals surface area contributed by atoms with Crippen molar-refractivity contribution in [1.82, 2.24) is 14.9 Å². The summed E-state index contributed by atoms with van der Waals surface area (Å²) in [5, 5.41) is 0. The number of carbonyl (C=O) groups excluding carboxylic acids is 1. The maximum absolute atomic E-state index is 12.0. The van der Waals surface area contributed by atoms with E-state index < -0.39 is 0 Å². The van der Waals surface area contributed by atoms with Gasteiger partial charge in [0.25, 0.3) is 0 Å². The Labute approximate surface area is 120 Å². The topological polar surface area (TPSA) is 55.3 Å². The number of nitrogens with zero attached hydrogens (tertiary/aromatic N) is 3. The second-order valence-electron chi connectivity index (χ2n) is 5.72. The van der Waals surface area contributed by atoms with Crippen LogP contribution in [0.2, 0.25) is 0 Å². The van der Waals surface area contributed by atoms with Crippen molar-refractivity contribution in [2.45, 2.75) is 46.6 Å². The largest absolute Gasteiger partial charge is 0.472 e. The summed E-state index contributed by atoms with van der Waals surface area (Å²) < 4.78 is 5.93. The number of aryl methyl sites for hydroxylation is 2. The predicted molar refractivity (Wildman–Crippen MR) is 76.6 cm³/mol. The molecule has 1 unspecified atom stereocenters. The summed E-state index contributed by atoms with van der Waals surface area (Å²) in [6.45, 7) is 9.14. The molecule has 1 aliphatic heterocycles. The van der Waals surface area contributed by atoms with Crippen LogP contribution in [0, 0.1) is 19.8 Å². The zero-order valence-corrected chi connectivity index (χ0v) is 12.7. The third-order valence-electron chi connectivity index (χ3n) is 3.41. The van der Waals surface area contributed by atoms with Crippen molar-refractivity contribution in [3.05, 3.63) is 17.6 Å². The maximum atomic E-state index is 12.0. The van der Waals surface area contributed by atoms with Crippen LogP contribution in [0.25, 0.3) is 0 Å². The van der Waals surface area contributed by atoms with Crippen molar-refractivity contribution < 1.29 is 9.53 Å². The number of aromatic nitrogens is 2. The monoisotopic (exact) mass is 277 g/mol. The minimum absolute atomic E-state index is 0.0279. The van der Waals surface area contributed by atoms with Crippen molar-refractivity contribution in [3.8, 4) is 5.88 Å². The van der Waals surface area contributed by atoms with Gasteiger partial charge in [-0.3, -0.25) is 4.79 Å². The molecule has 2 heterocycles. The van der Waals surface area contributed by atoms with Gasteiger partial charge < -0.3 is 9.64 Å². The Morgan fingerprint density at radius 1 is 1.40 bits per heavy atom. The van der Waals surface area contributed by atoms with Crippen LogP contribution in [-0.4, -0.2) is 40.0 Å². The first-order valence-corrected chi connectivity index (χ1v) is 7.23. The Bertz CT molecular complexity index is 468. The number of rotatable bonds is 3. The summed E-state index contributed by atoms with van der Waals surface area (Å²) in [5.41, 5.74) is 0.901. The Balaban J connectivity index is 2.00. The molecule has 0 radical (unpaired) electrons. The van der Waals surface area contributed by atoms with Gasteiger partial charge in [0.2, 0.25) is 11.8 Å². The number of carbonyl (C=O) groups is 1. The molecule has 1 aromatic heterocycles. The molecule has 1 aliphatic rings. The van der Waals surface area contributed by atoms with E-state index in [1.54, 1.807) is 0 Å². The first kappa shape index (κ1) is 14.8. The summed E-state index contributed by atoms with van der Waals surface area (Å²) >= 11 is 0. The van der Waals surface area contributed by atoms with Gasteiger partial charge in [-0.15, -0.1) is 0 Å². The number of hydrogen-bond donors (Lipinski definition) is 0. The number of hydrogen-bond acceptors (Lipinski definition) is 4. The van der Waals surface area contributed by atoms with Crippen molar-refractivity contribution in [2.75, 3.05) is 13.1 Å². The van der Waals surface area contributed by atoms with Crippen LogP contribution in [-0.2, 0) is 4.79 Å². The maximum Gasteiger partial charge on any atom is 0.225 e. The lowest BCUT2D eigenvalue weighted by molar-refractivity contribution is -0.137. The molecule has 0 aliphatic carbocycles. The molecule has 5 nitrogen and oxygen atoms in total. The molecule has 110 valence electrons. The van der Waals surface area contributed by atoms with Crippen LogP contribution in [0.5, 0.6) is 5.88 Å². The first-order valence-electron chi connectivity index (χ1n) is 7.23. The second kappa shape index (κ2) is 6.20. The van der Waals surface area contributed by atoms with E-state index in [0.717, 1.165) is 25.1 Å². The van der Waals surface area contributed by atoms with E-state index in [9.17, 15) is 4.79 Å². The Morgan fingerprint density at radius 2 is 2.15 bits per heavy atom. The van der Waals surface area contributed by atoms with Gasteiger partial charge in [0.1, 0.15) is 11.9 Å². The predicted octanol–water partition coefficient (Wildman–Crippen LogP) is 2.12. The molecular formula is C15H23N3O2. The first-order chi connectivity index (χ1) is 9.45. The SMILES string of the molecule is Cc1cc(OC2CCCN(C(=O)C(C)C)C2)nc(C)n1. The van der Waals surface area contributed by atoms with Gasteiger partial charge in [-0.1, -0.05) is 13.8 Å². The molecule has 0 N–H and O–H groups in total. The molecule has 2 rings (SSSR count). The zero-order valence-electron chi connectivity index (χ0n) is 12.7. The van der Waals surface area contributed by atoms with Crippen LogP contribution >= 0.6 is 0 Å². The minimum atomic E-state index is 0.0279. The quantitative estimate of drug-likeness (QED) is 0.849. The van der Waals surface area contributed by atoms with E-state index in [0.29, 0.717) is 18.2 Å². The molecule has 20 heavy (non-hydrogen) atoms. The molecule has 5 heteroatoms. The third kappa shape index (κ3) is 3.68. The van der Waals surface area contributed by atoms with E-state index >= 15 is 0 Å². The van der Waals surface area contributed by atoms with Gasteiger partial charge in [-0.25, -0.2) is 4.98 Å². The zero-order chi connectivity index (χ0) is 14.7. The molecule has 1 atom stereocenters. The van der Waals surface area contributed by atoms with Gasteiger partial charge in [-0.05, 0) is 26.7 Å². The van der Waals surface area contributed by atoms with E-state index in [1.165, 1.54) is 0 Å². The van der Waals surface area contributed by atoms with E-state index in [4.69, 9.17) is 4.74 Å². The number of ether oxygens (including phenoxy) is 1. The summed E-state index contributed by atoms with van der Waals surface area (Å²) in [5.74, 6) is 1.57. The third-order valence-corrected chi connectivity index (χ3v) is 3.41. The average Bonchev–Trinajstić information content (AvgIpc) is 2.36. The number of amides is 1. The standard InChI is InChI=1S/C15H23N3O2/c1-10(2)15(19)18-7-5-6-13(9-18)20-14-8-11(3)16-12(4)17-14/h8,10,13H,5-7,9H2,1-4H3. The molecule has 0 saturated carbocycles. The van der Waals surface area contributed by atoms with Crippen LogP contribution in [0.1, 0.15) is 38.2 Å². The Morgan fingerprint density at radius 3 is 2.80 bits per heavy atom. The smallest absolute Gasteiger partial charge is 0.225 e. The molecular weight excluding hydrogens is 254 g/mol. The lowest BCUT2D eigenvalue weighted by Crippen LogP contribution is -2.45. The van der Waals surface area contributed by atoms with Crippen LogP contribution in [0.15, 0.2) is 6.07 Å². The highest BCUT2D eigenvalue weighted by atomic mass is 16.5. The molecule has 0 bridgehead atoms. The molecule has 0 spiro atoms. The Hall–Kier alpha value is -1.65.